The molecular weight excluding hydrogens is 230 g/mol. The summed E-state index contributed by atoms with van der Waals surface area (Å²) in [6.45, 7) is 6.92. The summed E-state index contributed by atoms with van der Waals surface area (Å²) in [5.41, 5.74) is -0.565. The van der Waals surface area contributed by atoms with Gasteiger partial charge < -0.3 is 10.1 Å². The fraction of sp³-hybridized carbons (Fsp3) is 0.700. The summed E-state index contributed by atoms with van der Waals surface area (Å²) in [5.74, 6) is 0. The molecule has 0 bridgehead atoms. The molecule has 6 heteroatoms. The van der Waals surface area contributed by atoms with Gasteiger partial charge in [0.05, 0.1) is 0 Å². The van der Waals surface area contributed by atoms with Gasteiger partial charge in [-0.2, -0.15) is 0 Å². The van der Waals surface area contributed by atoms with Crippen LogP contribution in [-0.2, 0) is 14.6 Å². The minimum absolute atomic E-state index is 0.399. The molecule has 0 rings (SSSR count). The van der Waals surface area contributed by atoms with Crippen molar-refractivity contribution in [2.45, 2.75) is 39.3 Å². The summed E-state index contributed by atoms with van der Waals surface area (Å²) in [5, 5.41) is 3.55. The minimum atomic E-state index is -3.16. The van der Waals surface area contributed by atoms with Crippen LogP contribution in [0, 0.1) is 0 Å². The quantitative estimate of drug-likeness (QED) is 0.821. The molecule has 0 radical (unpaired) electrons. The molecule has 0 fully saturated rings. The summed E-state index contributed by atoms with van der Waals surface area (Å²) < 4.78 is 26.6. The third-order valence-corrected chi connectivity index (χ3v) is 2.01. The maximum Gasteiger partial charge on any atom is 0.408 e. The predicted molar refractivity (Wildman–Crippen MR) is 62.8 cm³/mol. The van der Waals surface area contributed by atoms with E-state index in [2.05, 4.69) is 5.32 Å². The molecule has 16 heavy (non-hydrogen) atoms. The molecular formula is C10H19NO4S. The number of hydrogen-bond donors (Lipinski definition) is 1. The summed E-state index contributed by atoms with van der Waals surface area (Å²) >= 11 is 0. The van der Waals surface area contributed by atoms with Crippen LogP contribution in [0.4, 0.5) is 4.79 Å². The number of carbonyl (C=O) groups excluding carboxylic acids is 1. The number of ether oxygens (including phenoxy) is 1. The van der Waals surface area contributed by atoms with Gasteiger partial charge in [-0.3, -0.25) is 0 Å². The van der Waals surface area contributed by atoms with E-state index in [0.717, 1.165) is 11.7 Å². The van der Waals surface area contributed by atoms with Crippen LogP contribution >= 0.6 is 0 Å². The molecule has 0 aromatic rings. The van der Waals surface area contributed by atoms with Crippen LogP contribution in [0.5, 0.6) is 0 Å². The molecule has 0 spiro atoms. The SMILES string of the molecule is CC(/C=C\S(C)(=O)=O)NC(=O)OC(C)(C)C. The lowest BCUT2D eigenvalue weighted by molar-refractivity contribution is 0.0518. The van der Waals surface area contributed by atoms with Gasteiger partial charge in [0.25, 0.3) is 0 Å². The van der Waals surface area contributed by atoms with Crippen LogP contribution in [0.1, 0.15) is 27.7 Å². The fourth-order valence-corrected chi connectivity index (χ4v) is 1.32. The number of rotatable bonds is 3. The smallest absolute Gasteiger partial charge is 0.408 e. The lowest BCUT2D eigenvalue weighted by atomic mass is 10.2. The van der Waals surface area contributed by atoms with E-state index in [4.69, 9.17) is 4.74 Å². The van der Waals surface area contributed by atoms with Crippen LogP contribution in [0.3, 0.4) is 0 Å². The Morgan fingerprint density at radius 1 is 1.38 bits per heavy atom. The second kappa shape index (κ2) is 5.34. The highest BCUT2D eigenvalue weighted by molar-refractivity contribution is 7.93. The first-order valence-electron chi connectivity index (χ1n) is 4.87. The Kier molecular flexibility index (Phi) is 4.99. The van der Waals surface area contributed by atoms with Gasteiger partial charge in [0.15, 0.2) is 9.84 Å². The molecule has 0 heterocycles. The number of nitrogens with one attached hydrogen (secondary N) is 1. The lowest BCUT2D eigenvalue weighted by Gasteiger charge is -2.20. The third-order valence-electron chi connectivity index (χ3n) is 1.36. The Morgan fingerprint density at radius 3 is 2.25 bits per heavy atom. The predicted octanol–water partition coefficient (Wildman–Crippen LogP) is 1.46. The van der Waals surface area contributed by atoms with Gasteiger partial charge in [0.1, 0.15) is 5.60 Å². The molecule has 1 amide bonds. The molecule has 5 nitrogen and oxygen atoms in total. The summed E-state index contributed by atoms with van der Waals surface area (Å²) in [4.78, 5) is 11.3. The van der Waals surface area contributed by atoms with Gasteiger partial charge >= 0.3 is 6.09 Å². The van der Waals surface area contributed by atoms with Gasteiger partial charge in [-0.05, 0) is 27.7 Å². The minimum Gasteiger partial charge on any atom is -0.444 e. The molecule has 0 aromatic carbocycles. The lowest BCUT2D eigenvalue weighted by Crippen LogP contribution is -2.36. The van der Waals surface area contributed by atoms with Crippen LogP contribution in [0.25, 0.3) is 0 Å². The Morgan fingerprint density at radius 2 is 1.88 bits per heavy atom. The van der Waals surface area contributed by atoms with E-state index in [0.29, 0.717) is 0 Å². The number of carbonyl (C=O) groups is 1. The molecule has 0 aliphatic rings. The van der Waals surface area contributed by atoms with E-state index in [1.54, 1.807) is 27.7 Å². The largest absolute Gasteiger partial charge is 0.444 e. The molecule has 0 aliphatic carbocycles. The Bertz CT molecular complexity index is 365. The highest BCUT2D eigenvalue weighted by Crippen LogP contribution is 2.06. The highest BCUT2D eigenvalue weighted by atomic mass is 32.2. The van der Waals surface area contributed by atoms with Crippen molar-refractivity contribution < 1.29 is 17.9 Å². The zero-order chi connectivity index (χ0) is 13.0. The molecule has 0 saturated carbocycles. The van der Waals surface area contributed by atoms with Crippen molar-refractivity contribution >= 4 is 15.9 Å². The Hall–Kier alpha value is -1.04. The van der Waals surface area contributed by atoms with Crippen LogP contribution in [0.2, 0.25) is 0 Å². The van der Waals surface area contributed by atoms with Gasteiger partial charge in [-0.1, -0.05) is 6.08 Å². The zero-order valence-electron chi connectivity index (χ0n) is 10.3. The molecule has 1 unspecified atom stereocenters. The van der Waals surface area contributed by atoms with Crippen molar-refractivity contribution in [1.29, 1.82) is 0 Å². The summed E-state index contributed by atoms with van der Waals surface area (Å²) in [6.07, 6.45) is 1.90. The monoisotopic (exact) mass is 249 g/mol. The molecule has 1 N–H and O–H groups in total. The van der Waals surface area contributed by atoms with E-state index in [1.165, 1.54) is 6.08 Å². The second-order valence-electron chi connectivity index (χ2n) is 4.59. The fourth-order valence-electron chi connectivity index (χ4n) is 0.802. The van der Waals surface area contributed by atoms with Gasteiger partial charge in [0.2, 0.25) is 0 Å². The van der Waals surface area contributed by atoms with Crippen molar-refractivity contribution in [1.82, 2.24) is 5.32 Å². The summed E-state index contributed by atoms with van der Waals surface area (Å²) in [7, 11) is -3.16. The average Bonchev–Trinajstić information content (AvgIpc) is 1.95. The number of sulfone groups is 1. The van der Waals surface area contributed by atoms with Crippen molar-refractivity contribution in [3.05, 3.63) is 11.5 Å². The van der Waals surface area contributed by atoms with E-state index in [-0.39, 0.29) is 0 Å². The number of alkyl carbamates (subject to hydrolysis) is 1. The number of hydrogen-bond acceptors (Lipinski definition) is 4. The van der Waals surface area contributed by atoms with Gasteiger partial charge in [-0.25, -0.2) is 13.2 Å². The average molecular weight is 249 g/mol. The van der Waals surface area contributed by atoms with Crippen molar-refractivity contribution in [2.24, 2.45) is 0 Å². The first-order chi connectivity index (χ1) is 6.99. The van der Waals surface area contributed by atoms with Crippen molar-refractivity contribution in [3.63, 3.8) is 0 Å². The van der Waals surface area contributed by atoms with Crippen LogP contribution < -0.4 is 5.32 Å². The number of amides is 1. The molecule has 94 valence electrons. The topological polar surface area (TPSA) is 72.5 Å². The van der Waals surface area contributed by atoms with Gasteiger partial charge in [-0.15, -0.1) is 0 Å². The first-order valence-corrected chi connectivity index (χ1v) is 6.83. The third kappa shape index (κ3) is 9.51. The maximum atomic E-state index is 11.3. The van der Waals surface area contributed by atoms with E-state index >= 15 is 0 Å². The molecule has 1 atom stereocenters. The molecule has 0 aromatic heterocycles. The highest BCUT2D eigenvalue weighted by Gasteiger charge is 2.16. The van der Waals surface area contributed by atoms with Gasteiger partial charge in [0, 0.05) is 17.7 Å². The second-order valence-corrected chi connectivity index (χ2v) is 6.52. The normalized spacial score (nSPS) is 14.8. The van der Waals surface area contributed by atoms with E-state index in [1.807, 2.05) is 0 Å². The van der Waals surface area contributed by atoms with Crippen LogP contribution in [0.15, 0.2) is 11.5 Å². The maximum absolute atomic E-state index is 11.3. The van der Waals surface area contributed by atoms with Crippen LogP contribution in [-0.4, -0.2) is 32.4 Å². The zero-order valence-corrected chi connectivity index (χ0v) is 11.1. The Balaban J connectivity index is 4.22. The van der Waals surface area contributed by atoms with Crippen molar-refractivity contribution in [3.8, 4) is 0 Å². The first kappa shape index (κ1) is 15.0. The molecule has 0 aliphatic heterocycles. The van der Waals surface area contributed by atoms with E-state index < -0.39 is 27.6 Å². The van der Waals surface area contributed by atoms with Crippen molar-refractivity contribution in [2.75, 3.05) is 6.26 Å². The Labute approximate surface area is 96.8 Å². The molecule has 0 saturated heterocycles. The van der Waals surface area contributed by atoms with E-state index in [9.17, 15) is 13.2 Å². The summed E-state index contributed by atoms with van der Waals surface area (Å²) in [6, 6.07) is -0.399. The standard InChI is InChI=1S/C10H19NO4S/c1-8(6-7-16(5,13)14)11-9(12)15-10(2,3)4/h6-8H,1-5H3,(H,11,12)/b7-6-.